The molecular weight excluding hydrogens is 282 g/mol. The Hall–Kier alpha value is -2.29. The van der Waals surface area contributed by atoms with Crippen LogP contribution in [0.4, 0.5) is 0 Å². The van der Waals surface area contributed by atoms with Gasteiger partial charge in [-0.15, -0.1) is 0 Å². The number of nitriles is 1. The van der Waals surface area contributed by atoms with Crippen LogP contribution in [0.2, 0.25) is 0 Å². The number of fused-ring (bicyclic) bond motifs is 1. The van der Waals surface area contributed by atoms with Crippen LogP contribution in [0, 0.1) is 11.3 Å². The smallest absolute Gasteiger partial charge is 0.261 e. The van der Waals surface area contributed by atoms with Crippen molar-refractivity contribution in [2.24, 2.45) is 0 Å². The Kier molecular flexibility index (Phi) is 3.91. The highest BCUT2D eigenvalue weighted by Crippen LogP contribution is 2.32. The molecule has 0 aliphatic rings. The second kappa shape index (κ2) is 6.00. The first-order chi connectivity index (χ1) is 10.3. The van der Waals surface area contributed by atoms with E-state index in [2.05, 4.69) is 16.4 Å². The van der Waals surface area contributed by atoms with Gasteiger partial charge in [0.25, 0.3) is 5.22 Å². The normalized spacial score (nSPS) is 10.7. The molecule has 0 saturated carbocycles. The Morgan fingerprint density at radius 2 is 2.14 bits per heavy atom. The van der Waals surface area contributed by atoms with E-state index in [4.69, 9.17) is 4.42 Å². The number of benzene rings is 2. The first-order valence-electron chi connectivity index (χ1n) is 6.51. The van der Waals surface area contributed by atoms with Gasteiger partial charge in [-0.05, 0) is 48.6 Å². The number of aromatic nitrogens is 1. The van der Waals surface area contributed by atoms with Crippen LogP contribution in [0.15, 0.2) is 57.0 Å². The average molecular weight is 295 g/mol. The highest BCUT2D eigenvalue weighted by atomic mass is 32.2. The predicted octanol–water partition coefficient (Wildman–Crippen LogP) is 3.57. The van der Waals surface area contributed by atoms with Crippen LogP contribution in [0.3, 0.4) is 0 Å². The molecule has 0 bridgehead atoms. The molecule has 0 aliphatic carbocycles. The van der Waals surface area contributed by atoms with Gasteiger partial charge in [-0.3, -0.25) is 0 Å². The molecule has 0 fully saturated rings. The number of nitrogens with zero attached hydrogens (tertiary/aromatic N) is 2. The molecule has 4 nitrogen and oxygen atoms in total. The van der Waals surface area contributed by atoms with Gasteiger partial charge >= 0.3 is 0 Å². The second-order valence-corrected chi connectivity index (χ2v) is 5.52. The van der Waals surface area contributed by atoms with Gasteiger partial charge in [0.15, 0.2) is 5.58 Å². The van der Waals surface area contributed by atoms with Crippen LogP contribution in [0.25, 0.3) is 11.1 Å². The molecule has 1 aromatic heterocycles. The van der Waals surface area contributed by atoms with E-state index in [1.54, 1.807) is 0 Å². The fraction of sp³-hybridized carbons (Fsp3) is 0.125. The molecule has 5 heteroatoms. The number of rotatable bonds is 4. The second-order valence-electron chi connectivity index (χ2n) is 4.52. The minimum absolute atomic E-state index is 0.550. The Morgan fingerprint density at radius 1 is 1.29 bits per heavy atom. The Morgan fingerprint density at radius 3 is 2.90 bits per heavy atom. The summed E-state index contributed by atoms with van der Waals surface area (Å²) in [6.07, 6.45) is 0. The zero-order valence-corrected chi connectivity index (χ0v) is 12.3. The number of hydrogen-bond acceptors (Lipinski definition) is 5. The molecule has 0 spiro atoms. The monoisotopic (exact) mass is 295 g/mol. The van der Waals surface area contributed by atoms with Crippen LogP contribution >= 0.6 is 11.8 Å². The molecule has 104 valence electrons. The summed E-state index contributed by atoms with van der Waals surface area (Å²) in [6.45, 7) is 0.739. The minimum atomic E-state index is 0.550. The van der Waals surface area contributed by atoms with Gasteiger partial charge in [-0.2, -0.15) is 5.26 Å². The third-order valence-corrected chi connectivity index (χ3v) is 3.94. The lowest BCUT2D eigenvalue weighted by Gasteiger charge is -2.04. The van der Waals surface area contributed by atoms with Crippen LogP contribution in [0.1, 0.15) is 11.1 Å². The Labute approximate surface area is 126 Å². The molecule has 21 heavy (non-hydrogen) atoms. The van der Waals surface area contributed by atoms with Crippen LogP contribution < -0.4 is 5.32 Å². The lowest BCUT2D eigenvalue weighted by atomic mass is 10.1. The van der Waals surface area contributed by atoms with Gasteiger partial charge in [0, 0.05) is 11.4 Å². The number of oxazole rings is 1. The third-order valence-electron chi connectivity index (χ3n) is 3.02. The van der Waals surface area contributed by atoms with E-state index in [1.165, 1.54) is 11.8 Å². The third kappa shape index (κ3) is 2.92. The van der Waals surface area contributed by atoms with E-state index >= 15 is 0 Å². The van der Waals surface area contributed by atoms with Crippen molar-refractivity contribution in [2.75, 3.05) is 7.05 Å². The van der Waals surface area contributed by atoms with Crippen molar-refractivity contribution in [3.8, 4) is 6.07 Å². The van der Waals surface area contributed by atoms with Gasteiger partial charge in [0.2, 0.25) is 0 Å². The lowest BCUT2D eigenvalue weighted by molar-refractivity contribution is 0.489. The van der Waals surface area contributed by atoms with Gasteiger partial charge in [0.05, 0.1) is 5.56 Å². The number of hydrogen-bond donors (Lipinski definition) is 1. The highest BCUT2D eigenvalue weighted by molar-refractivity contribution is 7.99. The largest absolute Gasteiger partial charge is 0.431 e. The molecule has 0 aliphatic heterocycles. The summed E-state index contributed by atoms with van der Waals surface area (Å²) in [5.41, 5.74) is 3.29. The Bertz CT molecular complexity index is 787. The van der Waals surface area contributed by atoms with Gasteiger partial charge in [-0.1, -0.05) is 18.2 Å². The molecule has 0 unspecified atom stereocenters. The molecule has 3 aromatic rings. The Balaban J connectivity index is 1.92. The van der Waals surface area contributed by atoms with Crippen molar-refractivity contribution in [3.63, 3.8) is 0 Å². The fourth-order valence-electron chi connectivity index (χ4n) is 2.06. The quantitative estimate of drug-likeness (QED) is 0.797. The van der Waals surface area contributed by atoms with Gasteiger partial charge < -0.3 is 9.73 Å². The number of para-hydroxylation sites is 2. The van der Waals surface area contributed by atoms with E-state index < -0.39 is 0 Å². The van der Waals surface area contributed by atoms with Crippen molar-refractivity contribution >= 4 is 22.9 Å². The zero-order valence-electron chi connectivity index (χ0n) is 11.5. The minimum Gasteiger partial charge on any atom is -0.431 e. The van der Waals surface area contributed by atoms with Gasteiger partial charge in [0.1, 0.15) is 11.6 Å². The molecule has 2 aromatic carbocycles. The molecular formula is C16H13N3OS. The summed E-state index contributed by atoms with van der Waals surface area (Å²) in [4.78, 5) is 5.27. The van der Waals surface area contributed by atoms with Crippen molar-refractivity contribution in [3.05, 3.63) is 53.6 Å². The fourth-order valence-corrected chi connectivity index (χ4v) is 2.87. The van der Waals surface area contributed by atoms with E-state index in [-0.39, 0.29) is 0 Å². The van der Waals surface area contributed by atoms with Crippen molar-refractivity contribution in [1.82, 2.24) is 10.3 Å². The van der Waals surface area contributed by atoms with E-state index in [0.717, 1.165) is 28.1 Å². The van der Waals surface area contributed by atoms with Crippen LogP contribution in [0.5, 0.6) is 0 Å². The maximum Gasteiger partial charge on any atom is 0.261 e. The summed E-state index contributed by atoms with van der Waals surface area (Å²) in [6, 6.07) is 15.7. The first kappa shape index (κ1) is 13.7. The van der Waals surface area contributed by atoms with Crippen molar-refractivity contribution < 1.29 is 4.42 Å². The van der Waals surface area contributed by atoms with Crippen molar-refractivity contribution in [1.29, 1.82) is 5.26 Å². The van der Waals surface area contributed by atoms with E-state index in [0.29, 0.717) is 10.8 Å². The maximum absolute atomic E-state index is 9.29. The summed E-state index contributed by atoms with van der Waals surface area (Å²) in [5.74, 6) is 0. The summed E-state index contributed by atoms with van der Waals surface area (Å²) in [7, 11) is 1.88. The van der Waals surface area contributed by atoms with Crippen LogP contribution in [-0.4, -0.2) is 12.0 Å². The van der Waals surface area contributed by atoms with Gasteiger partial charge in [-0.25, -0.2) is 4.98 Å². The average Bonchev–Trinajstić information content (AvgIpc) is 2.91. The number of nitrogens with one attached hydrogen (secondary N) is 1. The summed E-state index contributed by atoms with van der Waals surface area (Å²) < 4.78 is 5.68. The SMILES string of the molecule is CNCc1ccc(Sc2nc3ccccc3o2)c(C#N)c1. The first-order valence-corrected chi connectivity index (χ1v) is 7.33. The predicted molar refractivity (Wildman–Crippen MR) is 82.1 cm³/mol. The molecule has 0 atom stereocenters. The highest BCUT2D eigenvalue weighted by Gasteiger charge is 2.10. The molecule has 1 N–H and O–H groups in total. The molecule has 0 amide bonds. The standard InChI is InChI=1S/C16H13N3OS/c1-18-10-11-6-7-15(12(8-11)9-17)21-16-19-13-4-2-3-5-14(13)20-16/h2-8,18H,10H2,1H3. The van der Waals surface area contributed by atoms with E-state index in [9.17, 15) is 5.26 Å². The summed E-state index contributed by atoms with van der Waals surface area (Å²) >= 11 is 1.37. The maximum atomic E-state index is 9.29. The molecule has 1 heterocycles. The summed E-state index contributed by atoms with van der Waals surface area (Å²) in [5, 5.41) is 12.9. The van der Waals surface area contributed by atoms with Crippen molar-refractivity contribution in [2.45, 2.75) is 16.7 Å². The van der Waals surface area contributed by atoms with E-state index in [1.807, 2.05) is 49.5 Å². The zero-order chi connectivity index (χ0) is 14.7. The van der Waals surface area contributed by atoms with Crippen LogP contribution in [-0.2, 0) is 6.54 Å². The topological polar surface area (TPSA) is 61.9 Å². The molecule has 0 radical (unpaired) electrons. The molecule has 3 rings (SSSR count). The molecule has 0 saturated heterocycles. The lowest BCUT2D eigenvalue weighted by Crippen LogP contribution is -2.05.